The standard InChI is InChI=1S/C61H97N9O16/c1-18-37(9)51-53(75)62-33-45(71)66(13)49(35(5)6)54(76)63-42(32-40-23-25-41(84-17)26-24-40)61(83)86-39(11)56(78)70-30-21-20-22-44(70)58(80)67(14)50(36(7)8)55(77)64-48(34(3)4)59(81)65(12)43(29-31-85-47(74)28-27-46(72)73)57(79)69(16)52(38(10)19-2)60(82)68(51)15/h23-26,34-39,42-44,48-52H,18-22,27-33H2,1-17H3,(H,62,75)(H,63,76)(H,64,77)(H,72,73)/t37-,38-,39+,42-,43-,44-,48-,49-,50-,51-,52-/m0/s1. The highest BCUT2D eigenvalue weighted by atomic mass is 16.6. The summed E-state index contributed by atoms with van der Waals surface area (Å²) in [6, 6.07) is -3.58. The van der Waals surface area contributed by atoms with Gasteiger partial charge in [0.2, 0.25) is 47.3 Å². The van der Waals surface area contributed by atoms with E-state index >= 15 is 9.59 Å². The number of amides is 9. The number of hydrogen-bond donors (Lipinski definition) is 4. The molecular weight excluding hydrogens is 1110 g/mol. The third kappa shape index (κ3) is 19.1. The van der Waals surface area contributed by atoms with Crippen molar-refractivity contribution in [3.63, 3.8) is 0 Å². The number of rotatable bonds is 16. The number of nitrogens with zero attached hydrogens (tertiary/aromatic N) is 6. The molecule has 0 bridgehead atoms. The van der Waals surface area contributed by atoms with Crippen molar-refractivity contribution in [1.82, 2.24) is 45.3 Å². The van der Waals surface area contributed by atoms with Gasteiger partial charge in [-0.15, -0.1) is 0 Å². The Morgan fingerprint density at radius 2 is 1.19 bits per heavy atom. The van der Waals surface area contributed by atoms with Crippen LogP contribution in [-0.4, -0.2) is 222 Å². The summed E-state index contributed by atoms with van der Waals surface area (Å²) in [5.41, 5.74) is 0.575. The largest absolute Gasteiger partial charge is 0.497 e. The van der Waals surface area contributed by atoms with Crippen LogP contribution < -0.4 is 20.7 Å². The van der Waals surface area contributed by atoms with E-state index in [1.807, 2.05) is 6.92 Å². The lowest BCUT2D eigenvalue weighted by molar-refractivity contribution is -0.165. The Morgan fingerprint density at radius 3 is 1.73 bits per heavy atom. The number of carboxylic acid groups (broad SMARTS) is 1. The van der Waals surface area contributed by atoms with Gasteiger partial charge < -0.3 is 64.7 Å². The van der Waals surface area contributed by atoms with Crippen LogP contribution >= 0.6 is 0 Å². The van der Waals surface area contributed by atoms with Crippen LogP contribution in [0, 0.1) is 29.6 Å². The Hall–Kier alpha value is -7.34. The smallest absolute Gasteiger partial charge is 0.329 e. The van der Waals surface area contributed by atoms with Crippen molar-refractivity contribution in [1.29, 1.82) is 0 Å². The monoisotopic (exact) mass is 1210 g/mol. The molecule has 2 fully saturated rings. The maximum Gasteiger partial charge on any atom is 0.329 e. The molecular formula is C61H97N9O16. The summed E-state index contributed by atoms with van der Waals surface area (Å²) < 4.78 is 16.5. The Balaban J connectivity index is 2.29. The van der Waals surface area contributed by atoms with Crippen LogP contribution in [0.4, 0.5) is 0 Å². The molecule has 0 spiro atoms. The van der Waals surface area contributed by atoms with Crippen molar-refractivity contribution in [3.05, 3.63) is 29.8 Å². The van der Waals surface area contributed by atoms with Crippen molar-refractivity contribution in [3.8, 4) is 5.75 Å². The SMILES string of the molecule is CC[C@H](C)[C@H]1C(=O)NCC(=O)N(C)[C@@H](C(C)C)C(=O)N[C@@H](Cc2ccc(OC)cc2)C(=O)O[C@H](C)C(=O)N2CCCC[C@H]2C(=O)N(C)[C@@H](C(C)C)C(=O)N[C@@H](C(C)C)C(=O)N(C)[C@@H](CCOC(=O)CCC(=O)O)C(=O)N(C)[C@@H]([C@@H](C)CC)C(=O)N1C. The zero-order valence-electron chi connectivity index (χ0n) is 53.6. The highest BCUT2D eigenvalue weighted by molar-refractivity contribution is 5.99. The van der Waals surface area contributed by atoms with E-state index in [1.165, 1.54) is 68.9 Å². The molecule has 25 heteroatoms. The maximum atomic E-state index is 15.2. The number of carbonyl (C=O) groups excluding carboxylic acids is 11. The Bertz CT molecular complexity index is 2560. The van der Waals surface area contributed by atoms with E-state index in [0.29, 0.717) is 37.0 Å². The van der Waals surface area contributed by atoms with Crippen molar-refractivity contribution in [2.45, 2.75) is 188 Å². The fourth-order valence-electron chi connectivity index (χ4n) is 11.2. The van der Waals surface area contributed by atoms with Crippen LogP contribution in [0.1, 0.15) is 133 Å². The number of hydrogen-bond acceptors (Lipinski definition) is 15. The first-order valence-corrected chi connectivity index (χ1v) is 30.0. The van der Waals surface area contributed by atoms with Gasteiger partial charge in [-0.25, -0.2) is 4.79 Å². The van der Waals surface area contributed by atoms with Crippen LogP contribution in [0.25, 0.3) is 0 Å². The normalized spacial score (nSPS) is 25.6. The molecule has 2 heterocycles. The number of piperidine rings is 1. The van der Waals surface area contributed by atoms with Crippen LogP contribution in [0.3, 0.4) is 0 Å². The summed E-state index contributed by atoms with van der Waals surface area (Å²) in [4.78, 5) is 178. The lowest BCUT2D eigenvalue weighted by Gasteiger charge is -2.41. The average Bonchev–Trinajstić information content (AvgIpc) is 3.34. The Kier molecular flexibility index (Phi) is 28.4. The van der Waals surface area contributed by atoms with Crippen molar-refractivity contribution >= 4 is 71.1 Å². The number of ether oxygens (including phenoxy) is 3. The number of likely N-dealkylation sites (N-methyl/N-ethyl adjacent to an activating group) is 5. The first kappa shape index (κ1) is 72.9. The lowest BCUT2D eigenvalue weighted by atomic mass is 9.92. The quantitative estimate of drug-likeness (QED) is 0.173. The minimum atomic E-state index is -1.49. The topological polar surface area (TPSA) is 308 Å². The fourth-order valence-corrected chi connectivity index (χ4v) is 11.2. The van der Waals surface area contributed by atoms with Crippen molar-refractivity contribution in [2.75, 3.05) is 62.0 Å². The number of cyclic esters (lactones) is 1. The molecule has 0 aliphatic carbocycles. The zero-order valence-corrected chi connectivity index (χ0v) is 53.6. The number of benzene rings is 1. The Morgan fingerprint density at radius 1 is 0.640 bits per heavy atom. The van der Waals surface area contributed by atoms with E-state index in [4.69, 9.17) is 14.2 Å². The Labute approximate surface area is 507 Å². The van der Waals surface area contributed by atoms with Gasteiger partial charge in [0.1, 0.15) is 54.1 Å². The van der Waals surface area contributed by atoms with Gasteiger partial charge in [-0.2, -0.15) is 0 Å². The van der Waals surface area contributed by atoms with Gasteiger partial charge in [0.25, 0.3) is 5.91 Å². The summed E-state index contributed by atoms with van der Waals surface area (Å²) in [6.45, 7) is 17.6. The second-order valence-electron chi connectivity index (χ2n) is 23.9. The third-order valence-corrected chi connectivity index (χ3v) is 16.6. The van der Waals surface area contributed by atoms with Crippen LogP contribution in [0.15, 0.2) is 24.3 Å². The summed E-state index contributed by atoms with van der Waals surface area (Å²) in [7, 11) is 8.39. The molecule has 9 amide bonds. The minimum absolute atomic E-state index is 0.0977. The van der Waals surface area contributed by atoms with Gasteiger partial charge in [0.05, 0.1) is 33.1 Å². The second kappa shape index (κ2) is 33.5. The van der Waals surface area contributed by atoms with Gasteiger partial charge in [0.15, 0.2) is 6.10 Å². The van der Waals surface area contributed by atoms with E-state index in [0.717, 1.165) is 9.80 Å². The molecule has 0 radical (unpaired) electrons. The predicted molar refractivity (Wildman–Crippen MR) is 317 cm³/mol. The molecule has 0 unspecified atom stereocenters. The van der Waals surface area contributed by atoms with E-state index in [2.05, 4.69) is 16.0 Å². The average molecular weight is 1210 g/mol. The number of fused-ring (bicyclic) bond motifs is 1. The minimum Gasteiger partial charge on any atom is -0.497 e. The molecule has 4 N–H and O–H groups in total. The molecule has 25 nitrogen and oxygen atoms in total. The molecule has 2 saturated heterocycles. The van der Waals surface area contributed by atoms with E-state index < -0.39 is 181 Å². The van der Waals surface area contributed by atoms with E-state index in [-0.39, 0.29) is 25.8 Å². The summed E-state index contributed by atoms with van der Waals surface area (Å²) in [6.07, 6.45) is -0.997. The number of nitrogens with one attached hydrogen (secondary N) is 3. The number of carboxylic acids is 1. The maximum absolute atomic E-state index is 15.2. The zero-order chi connectivity index (χ0) is 65.2. The van der Waals surface area contributed by atoms with Crippen LogP contribution in [0.2, 0.25) is 0 Å². The fraction of sp³-hybridized carbons (Fsp3) is 0.705. The van der Waals surface area contributed by atoms with Gasteiger partial charge in [-0.1, -0.05) is 94.2 Å². The number of carbonyl (C=O) groups is 12. The van der Waals surface area contributed by atoms with Gasteiger partial charge in [-0.3, -0.25) is 52.7 Å². The predicted octanol–water partition coefficient (Wildman–Crippen LogP) is 2.64. The molecule has 1 aromatic rings. The molecule has 1 aromatic carbocycles. The highest BCUT2D eigenvalue weighted by Crippen LogP contribution is 2.27. The molecule has 482 valence electrons. The number of esters is 2. The van der Waals surface area contributed by atoms with Gasteiger partial charge in [-0.05, 0) is 73.5 Å². The molecule has 2 aliphatic heterocycles. The van der Waals surface area contributed by atoms with Crippen molar-refractivity contribution in [2.24, 2.45) is 29.6 Å². The molecule has 0 saturated carbocycles. The van der Waals surface area contributed by atoms with Gasteiger partial charge in [0, 0.05) is 54.6 Å². The van der Waals surface area contributed by atoms with E-state index in [1.54, 1.807) is 86.6 Å². The van der Waals surface area contributed by atoms with Crippen LogP contribution in [0.5, 0.6) is 5.75 Å². The highest BCUT2D eigenvalue weighted by Gasteiger charge is 2.45. The summed E-state index contributed by atoms with van der Waals surface area (Å²) in [5, 5.41) is 17.4. The molecule has 2 aliphatic rings. The second-order valence-corrected chi connectivity index (χ2v) is 23.9. The summed E-state index contributed by atoms with van der Waals surface area (Å²) in [5.74, 6) is -11.9. The third-order valence-electron chi connectivity index (χ3n) is 16.6. The summed E-state index contributed by atoms with van der Waals surface area (Å²) >= 11 is 0. The number of aliphatic carboxylic acids is 1. The lowest BCUT2D eigenvalue weighted by Crippen LogP contribution is -2.63. The molecule has 11 atom stereocenters. The van der Waals surface area contributed by atoms with Gasteiger partial charge >= 0.3 is 17.9 Å². The molecule has 86 heavy (non-hydrogen) atoms. The van der Waals surface area contributed by atoms with Crippen LogP contribution in [-0.2, 0) is 73.4 Å². The van der Waals surface area contributed by atoms with Crippen molar-refractivity contribution < 1.29 is 76.9 Å². The van der Waals surface area contributed by atoms with E-state index in [9.17, 15) is 53.1 Å². The first-order chi connectivity index (χ1) is 40.3. The number of methoxy groups -OCH3 is 1. The first-order valence-electron chi connectivity index (χ1n) is 30.0. The molecule has 3 rings (SSSR count). The molecule has 0 aromatic heterocycles.